The lowest BCUT2D eigenvalue weighted by molar-refractivity contribution is 1.20. The molecule has 0 aromatic rings. The first-order chi connectivity index (χ1) is 4.50. The van der Waals surface area contributed by atoms with Crippen LogP contribution in [0.4, 0.5) is 0 Å². The van der Waals surface area contributed by atoms with Crippen LogP contribution < -0.4 is 5.32 Å². The zero-order valence-electron chi connectivity index (χ0n) is 5.96. The van der Waals surface area contributed by atoms with Crippen LogP contribution in [0, 0.1) is 0 Å². The summed E-state index contributed by atoms with van der Waals surface area (Å²) in [6.45, 7) is 4.00. The summed E-state index contributed by atoms with van der Waals surface area (Å²) in [6, 6.07) is 0. The van der Waals surface area contributed by atoms with Crippen LogP contribution in [0.15, 0.2) is 36.7 Å². The predicted octanol–water partition coefficient (Wildman–Crippen LogP) is 2.20. The van der Waals surface area contributed by atoms with Gasteiger partial charge < -0.3 is 5.32 Å². The minimum atomic E-state index is 1.88. The highest BCUT2D eigenvalue weighted by molar-refractivity contribution is 5.14. The maximum absolute atomic E-state index is 2.92. The molecule has 0 aromatic heterocycles. The highest BCUT2D eigenvalue weighted by Gasteiger charge is 1.67. The topological polar surface area (TPSA) is 12.0 Å². The summed E-state index contributed by atoms with van der Waals surface area (Å²) in [4.78, 5) is 0. The van der Waals surface area contributed by atoms with Crippen molar-refractivity contribution in [2.45, 2.75) is 13.8 Å². The van der Waals surface area contributed by atoms with Crippen LogP contribution in [0.5, 0.6) is 0 Å². The number of hydrogen-bond donors (Lipinski definition) is 1. The molecular formula is C8H13N. The second-order valence-corrected chi connectivity index (χ2v) is 1.27. The molecule has 0 aliphatic carbocycles. The van der Waals surface area contributed by atoms with E-state index in [0.29, 0.717) is 0 Å². The van der Waals surface area contributed by atoms with Gasteiger partial charge in [-0.05, 0) is 12.2 Å². The minimum Gasteiger partial charge on any atom is -0.368 e. The Hall–Kier alpha value is -0.980. The third-order valence-corrected chi connectivity index (χ3v) is 0.718. The molecule has 0 bridgehead atoms. The van der Waals surface area contributed by atoms with Gasteiger partial charge in [-0.1, -0.05) is 26.0 Å². The summed E-state index contributed by atoms with van der Waals surface area (Å²) in [5.74, 6) is 0. The van der Waals surface area contributed by atoms with Crippen LogP contribution >= 0.6 is 0 Å². The average molecular weight is 123 g/mol. The largest absolute Gasteiger partial charge is 0.368 e. The Labute approximate surface area is 56.8 Å². The van der Waals surface area contributed by atoms with Gasteiger partial charge in [-0.25, -0.2) is 0 Å². The van der Waals surface area contributed by atoms with Crippen LogP contribution in [0.1, 0.15) is 13.8 Å². The molecule has 1 aliphatic rings. The van der Waals surface area contributed by atoms with Crippen molar-refractivity contribution in [1.82, 2.24) is 5.32 Å². The second kappa shape index (κ2) is 7.02. The number of hydrogen-bond acceptors (Lipinski definition) is 1. The Morgan fingerprint density at radius 1 is 0.778 bits per heavy atom. The van der Waals surface area contributed by atoms with E-state index in [1.54, 1.807) is 0 Å². The molecule has 1 heteroatoms. The molecule has 0 atom stereocenters. The normalized spacial score (nSPS) is 13.1. The maximum Gasteiger partial charge on any atom is 0.000442 e. The molecule has 1 rings (SSSR count). The monoisotopic (exact) mass is 123 g/mol. The molecule has 9 heavy (non-hydrogen) atoms. The molecule has 50 valence electrons. The first-order valence-electron chi connectivity index (χ1n) is 3.24. The average Bonchev–Trinajstić information content (AvgIpc) is 2.21. The first-order valence-corrected chi connectivity index (χ1v) is 3.24. The van der Waals surface area contributed by atoms with E-state index in [9.17, 15) is 0 Å². The van der Waals surface area contributed by atoms with Gasteiger partial charge in [-0.15, -0.1) is 0 Å². The van der Waals surface area contributed by atoms with Crippen LogP contribution in [-0.2, 0) is 0 Å². The third-order valence-electron chi connectivity index (χ3n) is 0.718. The van der Waals surface area contributed by atoms with E-state index in [4.69, 9.17) is 0 Å². The smallest absolute Gasteiger partial charge is 0.000442 e. The molecule has 0 saturated heterocycles. The van der Waals surface area contributed by atoms with Crippen molar-refractivity contribution >= 4 is 0 Å². The van der Waals surface area contributed by atoms with Gasteiger partial charge in [0.15, 0.2) is 0 Å². The third kappa shape index (κ3) is 4.88. The van der Waals surface area contributed by atoms with E-state index in [1.165, 1.54) is 0 Å². The van der Waals surface area contributed by atoms with E-state index < -0.39 is 0 Å². The van der Waals surface area contributed by atoms with Gasteiger partial charge in [0.2, 0.25) is 0 Å². The fraction of sp³-hybridized carbons (Fsp3) is 0.250. The van der Waals surface area contributed by atoms with Crippen molar-refractivity contribution in [3.8, 4) is 0 Å². The van der Waals surface area contributed by atoms with Crippen molar-refractivity contribution in [3.63, 3.8) is 0 Å². The summed E-state index contributed by atoms with van der Waals surface area (Å²) in [7, 11) is 0. The number of allylic oxidation sites excluding steroid dienone is 4. The zero-order valence-corrected chi connectivity index (χ0v) is 5.96. The fourth-order valence-corrected chi connectivity index (χ4v) is 0.406. The summed E-state index contributed by atoms with van der Waals surface area (Å²) >= 11 is 0. The molecule has 1 heterocycles. The van der Waals surface area contributed by atoms with Crippen LogP contribution in [-0.4, -0.2) is 0 Å². The Morgan fingerprint density at radius 2 is 1.22 bits per heavy atom. The molecule has 0 amide bonds. The quantitative estimate of drug-likeness (QED) is 0.520. The standard InChI is InChI=1S/C6H7N.C2H6/c1-2-4-6-7-5-3-1;1-2/h1-7H;1-2H3. The van der Waals surface area contributed by atoms with Crippen LogP contribution in [0.2, 0.25) is 0 Å². The molecule has 1 aliphatic heterocycles. The molecule has 0 spiro atoms. The van der Waals surface area contributed by atoms with Crippen molar-refractivity contribution < 1.29 is 0 Å². The Kier molecular flexibility index (Phi) is 6.26. The fourth-order valence-electron chi connectivity index (χ4n) is 0.406. The molecule has 0 saturated carbocycles. The van der Waals surface area contributed by atoms with E-state index in [1.807, 2.05) is 50.6 Å². The number of rotatable bonds is 0. The number of nitrogens with one attached hydrogen (secondary N) is 1. The highest BCUT2D eigenvalue weighted by atomic mass is 14.8. The van der Waals surface area contributed by atoms with E-state index in [2.05, 4.69) is 5.32 Å². The van der Waals surface area contributed by atoms with E-state index >= 15 is 0 Å². The SMILES string of the molecule is C1=CC=CNC=C1.CC. The summed E-state index contributed by atoms with van der Waals surface area (Å²) in [5.41, 5.74) is 0. The van der Waals surface area contributed by atoms with E-state index in [0.717, 1.165) is 0 Å². The van der Waals surface area contributed by atoms with E-state index in [-0.39, 0.29) is 0 Å². The Morgan fingerprint density at radius 3 is 1.67 bits per heavy atom. The van der Waals surface area contributed by atoms with Crippen molar-refractivity contribution in [2.75, 3.05) is 0 Å². The summed E-state index contributed by atoms with van der Waals surface area (Å²) < 4.78 is 0. The van der Waals surface area contributed by atoms with Crippen molar-refractivity contribution in [2.24, 2.45) is 0 Å². The Bertz CT molecular complexity index is 107. The molecule has 0 radical (unpaired) electrons. The maximum atomic E-state index is 2.92. The van der Waals surface area contributed by atoms with Gasteiger partial charge in [0.25, 0.3) is 0 Å². The molecule has 0 aromatic carbocycles. The lowest BCUT2D eigenvalue weighted by atomic mass is 10.5. The Balaban J connectivity index is 0.000000291. The molecule has 1 N–H and O–H groups in total. The van der Waals surface area contributed by atoms with Crippen LogP contribution in [0.25, 0.3) is 0 Å². The zero-order chi connectivity index (χ0) is 6.95. The molecule has 0 fully saturated rings. The van der Waals surface area contributed by atoms with Gasteiger partial charge in [0, 0.05) is 12.4 Å². The van der Waals surface area contributed by atoms with Gasteiger partial charge in [0.05, 0.1) is 0 Å². The van der Waals surface area contributed by atoms with Gasteiger partial charge in [-0.2, -0.15) is 0 Å². The molecular weight excluding hydrogens is 110 g/mol. The minimum absolute atomic E-state index is 1.88. The molecule has 1 nitrogen and oxygen atoms in total. The lowest BCUT2D eigenvalue weighted by Crippen LogP contribution is -1.87. The lowest BCUT2D eigenvalue weighted by Gasteiger charge is -1.79. The van der Waals surface area contributed by atoms with Gasteiger partial charge in [-0.3, -0.25) is 0 Å². The predicted molar refractivity (Wildman–Crippen MR) is 41.9 cm³/mol. The van der Waals surface area contributed by atoms with Gasteiger partial charge >= 0.3 is 0 Å². The summed E-state index contributed by atoms with van der Waals surface area (Å²) in [5, 5.41) is 2.92. The van der Waals surface area contributed by atoms with Crippen molar-refractivity contribution in [3.05, 3.63) is 36.7 Å². The highest BCUT2D eigenvalue weighted by Crippen LogP contribution is 1.81. The van der Waals surface area contributed by atoms with Gasteiger partial charge in [0.1, 0.15) is 0 Å². The van der Waals surface area contributed by atoms with Crippen LogP contribution in [0.3, 0.4) is 0 Å². The second-order valence-electron chi connectivity index (χ2n) is 1.27. The first kappa shape index (κ1) is 8.02. The molecule has 0 unspecified atom stereocenters. The summed E-state index contributed by atoms with van der Waals surface area (Å²) in [6.07, 6.45) is 11.6. The van der Waals surface area contributed by atoms with Crippen molar-refractivity contribution in [1.29, 1.82) is 0 Å².